The fraction of sp³-hybridized carbons (Fsp3) is 0.724. The van der Waals surface area contributed by atoms with Gasteiger partial charge in [0.2, 0.25) is 42.6 Å². The second kappa shape index (κ2) is 41.6. The van der Waals surface area contributed by atoms with Crippen molar-refractivity contribution in [2.24, 2.45) is 29.4 Å². The standard InChI is InChI=1S/C26H38N2O10.C23H34N2O8.C23H31NO9.C15H25NO7/c1-4-16-20(31)19(28(3)25(33)35-13-15-8-6-5-7-9-15)22-23(21(16)32)37-24-26(34,38-22)17(12-14(2)36-24)27-18(30)10-11-29;1-4-14-17(26)16(25(3)22(28)30-11-13-8-6-5-7-9-13)19-20(18(14)27)32-21-23(29,33-19)15(24)10-12(2)31-21;1-4-14-17(26)16(24(3)22(28)30-11-13-8-6-5-7-9-13)19-20(18(14)27)32-21-23(29,33-19)15(25)10-12(2)31-21;1-4-7-10(18)9(16-3)12-13(11(7)19)22-14-15(20,23-12)8(17)5-6(2)21-14/h5-9,14,16-17,19-24,29,31-32,34H,4,10-13H2,1-3H3,(H,27,30);5-9,12,14-21,26-27,29H,4,10-11,24H2,1-3H3;5-9,12,14,16-21,26-27,29H,4,10-11H2,1-3H3;6-7,9-14,16,18-20H,4-5H2,1-3H3/t14-,16-,17-,19+,20+,21+,22-,23-,24+,26+;12-,14-,15-,16+,17+,18+,19-,20-,21+,23+;12-,14-,16+,17+,18+,19-,20-,21+,23+;6-,7-,9+,10+,11+,12-,13-,14+,15+/m1111/s1. The molecule has 12 fully saturated rings. The number of amides is 4. The number of hydrogen-bond donors (Lipinski definition) is 16. The van der Waals surface area contributed by atoms with Crippen LogP contribution in [0.4, 0.5) is 14.4 Å². The minimum atomic E-state index is -2.40. The van der Waals surface area contributed by atoms with Crippen LogP contribution in [0.15, 0.2) is 91.0 Å². The molecule has 8 heterocycles. The van der Waals surface area contributed by atoms with Crippen LogP contribution in [0.1, 0.15) is 130 Å². The smallest absolute Gasteiger partial charge is 0.410 e. The molecule has 4 saturated carbocycles. The first-order valence-corrected chi connectivity index (χ1v) is 43.8. The molecule has 0 spiro atoms. The maximum absolute atomic E-state index is 13.1. The van der Waals surface area contributed by atoms with Gasteiger partial charge >= 0.3 is 18.3 Å². The number of nitrogens with zero attached hydrogens (tertiary/aromatic N) is 3. The molecule has 0 unspecified atom stereocenters. The van der Waals surface area contributed by atoms with Crippen molar-refractivity contribution in [3.05, 3.63) is 108 Å². The Kier molecular flexibility index (Phi) is 32.5. The van der Waals surface area contributed by atoms with E-state index < -0.39 is 260 Å². The number of carbonyl (C=O) groups excluding carboxylic acids is 6. The van der Waals surface area contributed by atoms with Crippen molar-refractivity contribution in [2.75, 3.05) is 34.8 Å². The van der Waals surface area contributed by atoms with E-state index in [1.54, 1.807) is 41.7 Å². The molecule has 127 heavy (non-hydrogen) atoms. The van der Waals surface area contributed by atoms with Crippen LogP contribution in [0.25, 0.3) is 0 Å². The summed E-state index contributed by atoms with van der Waals surface area (Å²) < 4.78 is 86.3. The predicted octanol–water partition coefficient (Wildman–Crippen LogP) is -0.746. The number of carbonyl (C=O) groups is 6. The zero-order chi connectivity index (χ0) is 92.4. The van der Waals surface area contributed by atoms with Gasteiger partial charge in [0.25, 0.3) is 11.6 Å². The molecule has 4 aliphatic carbocycles. The quantitative estimate of drug-likeness (QED) is 0.0740. The topological polar surface area (TPSA) is 564 Å². The van der Waals surface area contributed by atoms with Crippen LogP contribution in [-0.4, -0.2) is 358 Å². The maximum Gasteiger partial charge on any atom is 0.410 e. The molecule has 8 aliphatic heterocycles. The first-order chi connectivity index (χ1) is 60.3. The number of ketones is 2. The summed E-state index contributed by atoms with van der Waals surface area (Å²) in [4.78, 5) is 79.6. The number of Topliss-reactive ketones (excluding diaryl/α,β-unsaturated/α-hetero) is 2. The molecule has 710 valence electrons. The highest BCUT2D eigenvalue weighted by atomic mass is 16.8. The van der Waals surface area contributed by atoms with E-state index in [2.05, 4.69) is 10.6 Å². The lowest BCUT2D eigenvalue weighted by Gasteiger charge is -2.58. The van der Waals surface area contributed by atoms with Gasteiger partial charge in [-0.2, -0.15) is 0 Å². The number of likely N-dealkylation sites (N-methyl/N-ethyl adjacent to an activating group) is 4. The van der Waals surface area contributed by atoms with E-state index in [-0.39, 0.29) is 58.2 Å². The molecule has 8 saturated heterocycles. The Hall–Kier alpha value is -6.80. The molecule has 15 rings (SSSR count). The summed E-state index contributed by atoms with van der Waals surface area (Å²) in [5.41, 5.74) is 8.57. The number of nitrogens with two attached hydrogens (primary N) is 1. The highest BCUT2D eigenvalue weighted by molar-refractivity contribution is 5.88. The third kappa shape index (κ3) is 20.1. The van der Waals surface area contributed by atoms with E-state index in [4.69, 9.17) is 81.9 Å². The molecule has 3 aromatic rings. The van der Waals surface area contributed by atoms with E-state index in [9.17, 15) is 90.0 Å². The number of nitrogens with one attached hydrogen (secondary N) is 2. The Bertz CT molecular complexity index is 4150. The van der Waals surface area contributed by atoms with E-state index in [1.807, 2.05) is 112 Å². The van der Waals surface area contributed by atoms with Crippen molar-refractivity contribution in [1.82, 2.24) is 25.3 Å². The van der Waals surface area contributed by atoms with Crippen molar-refractivity contribution in [2.45, 2.75) is 340 Å². The Balaban J connectivity index is 0.000000156. The van der Waals surface area contributed by atoms with Crippen LogP contribution in [0.3, 0.4) is 0 Å². The van der Waals surface area contributed by atoms with Crippen molar-refractivity contribution < 1.29 is 166 Å². The number of ether oxygens (including phenoxy) is 15. The second-order valence-corrected chi connectivity index (χ2v) is 35.1. The van der Waals surface area contributed by atoms with Crippen molar-refractivity contribution in [3.63, 3.8) is 0 Å². The lowest BCUT2D eigenvalue weighted by Crippen LogP contribution is -2.77. The van der Waals surface area contributed by atoms with Crippen LogP contribution in [0, 0.1) is 23.7 Å². The largest absolute Gasteiger partial charge is 0.445 e. The van der Waals surface area contributed by atoms with Gasteiger partial charge in [-0.15, -0.1) is 0 Å². The second-order valence-electron chi connectivity index (χ2n) is 35.1. The van der Waals surface area contributed by atoms with E-state index in [1.165, 1.54) is 35.8 Å². The Morgan fingerprint density at radius 3 is 1.10 bits per heavy atom. The van der Waals surface area contributed by atoms with Gasteiger partial charge in [0, 0.05) is 64.1 Å². The van der Waals surface area contributed by atoms with Gasteiger partial charge < -0.3 is 169 Å². The number of fused-ring (bicyclic) bond motifs is 8. The van der Waals surface area contributed by atoms with Crippen LogP contribution in [-0.2, 0) is 105 Å². The van der Waals surface area contributed by atoms with Crippen LogP contribution < -0.4 is 16.4 Å². The molecule has 0 aromatic heterocycles. The average Bonchev–Trinajstić information content (AvgIpc) is 0.739. The van der Waals surface area contributed by atoms with Gasteiger partial charge in [-0.1, -0.05) is 119 Å². The minimum absolute atomic E-state index is 0.00875. The summed E-state index contributed by atoms with van der Waals surface area (Å²) in [5, 5.41) is 147. The first-order valence-electron chi connectivity index (χ1n) is 43.8. The van der Waals surface area contributed by atoms with E-state index >= 15 is 0 Å². The van der Waals surface area contributed by atoms with Gasteiger partial charge in [-0.05, 0) is 90.0 Å². The number of benzene rings is 3. The Morgan fingerprint density at radius 1 is 0.425 bits per heavy atom. The number of aliphatic hydroxyl groups is 13. The van der Waals surface area contributed by atoms with E-state index in [0.29, 0.717) is 32.1 Å². The van der Waals surface area contributed by atoms with Gasteiger partial charge in [-0.3, -0.25) is 14.4 Å². The zero-order valence-corrected chi connectivity index (χ0v) is 73.3. The van der Waals surface area contributed by atoms with Crippen LogP contribution >= 0.6 is 0 Å². The highest BCUT2D eigenvalue weighted by Gasteiger charge is 2.70. The molecule has 12 aliphatic rings. The molecule has 0 bridgehead atoms. The Labute approximate surface area is 735 Å². The molecule has 3 aromatic carbocycles. The third-order valence-electron chi connectivity index (χ3n) is 26.7. The molecule has 40 nitrogen and oxygen atoms in total. The van der Waals surface area contributed by atoms with Gasteiger partial charge in [0.05, 0.1) is 116 Å². The van der Waals surface area contributed by atoms with Crippen molar-refractivity contribution in [1.29, 1.82) is 0 Å². The number of aliphatic hydroxyl groups excluding tert-OH is 9. The molecule has 38 atom stereocenters. The molecular formula is C87H128N6O34. The SMILES string of the molecule is CC[C@@H]1[C@H](O)[C@H](NC)[C@H]2O[C@@]3(O)C(=O)C[C@@H](C)O[C@H]3O[C@@H]2[C@H]1O.CC[C@H]1[C@H](O)[C@H]2O[C@@H]3O[C@H](C)CC(=O)[C@]3(O)O[C@@H]2[C@@H](N(C)C(=O)OCc2ccccc2)[C@H]1O.CC[C@H]1[C@H](O)[C@H]2O[C@@H]3O[C@H](C)C[C@@H](N)[C@]3(O)O[C@@H]2[C@@H](N(C)C(=O)OCc2ccccc2)[C@H]1O.CC[C@H]1[C@H](O)[C@H]2O[C@@H]3O[C@H](C)C[C@@H](NC(=O)CCO)[C@]3(O)O[C@@H]2[C@@H](N(C)C(=O)OCc2ccccc2)[C@H]1O. The number of rotatable bonds is 17. The monoisotopic (exact) mass is 1800 g/mol. The molecule has 40 heteroatoms. The minimum Gasteiger partial charge on any atom is -0.445 e. The Morgan fingerprint density at radius 2 is 0.740 bits per heavy atom. The molecule has 4 amide bonds. The maximum atomic E-state index is 13.1. The summed E-state index contributed by atoms with van der Waals surface area (Å²) in [7, 11) is 6.02. The fourth-order valence-corrected chi connectivity index (χ4v) is 19.6. The average molecular weight is 1800 g/mol. The predicted molar refractivity (Wildman–Crippen MR) is 437 cm³/mol. The highest BCUT2D eigenvalue weighted by Crippen LogP contribution is 2.50. The fourth-order valence-electron chi connectivity index (χ4n) is 19.6. The van der Waals surface area contributed by atoms with E-state index in [0.717, 1.165) is 16.7 Å². The summed E-state index contributed by atoms with van der Waals surface area (Å²) >= 11 is 0. The van der Waals surface area contributed by atoms with Crippen LogP contribution in [0.2, 0.25) is 0 Å². The normalized spacial score (nSPS) is 42.8. The van der Waals surface area contributed by atoms with Gasteiger partial charge in [-0.25, -0.2) is 14.4 Å². The van der Waals surface area contributed by atoms with Gasteiger partial charge in [0.15, 0.2) is 11.6 Å². The summed E-state index contributed by atoms with van der Waals surface area (Å²) in [5.74, 6) is -12.7. The third-order valence-corrected chi connectivity index (χ3v) is 26.7. The molecular weight excluding hydrogens is 1670 g/mol. The molecule has 17 N–H and O–H groups in total. The summed E-state index contributed by atoms with van der Waals surface area (Å²) in [6.45, 7) is 13.9. The van der Waals surface area contributed by atoms with Crippen LogP contribution in [0.5, 0.6) is 0 Å². The van der Waals surface area contributed by atoms with Crippen molar-refractivity contribution >= 4 is 35.8 Å². The summed E-state index contributed by atoms with van der Waals surface area (Å²) in [6.07, 6.45) is -24.1. The first kappa shape index (κ1) is 99.2. The zero-order valence-electron chi connectivity index (χ0n) is 73.3. The number of hydrogen-bond acceptors (Lipinski definition) is 36. The summed E-state index contributed by atoms with van der Waals surface area (Å²) in [6, 6.07) is 22.0. The molecule has 0 radical (unpaired) electrons. The lowest BCUT2D eigenvalue weighted by molar-refractivity contribution is -0.452. The lowest BCUT2D eigenvalue weighted by atomic mass is 9.74. The van der Waals surface area contributed by atoms with Crippen molar-refractivity contribution in [3.8, 4) is 0 Å². The van der Waals surface area contributed by atoms with Gasteiger partial charge in [0.1, 0.15) is 68.7 Å².